The average Bonchev–Trinajstić information content (AvgIpc) is 3.17. The molecule has 40 heteroatoms. The Morgan fingerprint density at radius 1 is 0.312 bits per heavy atom. The summed E-state index contributed by atoms with van der Waals surface area (Å²) in [5.74, 6) is -3.44. The van der Waals surface area contributed by atoms with Gasteiger partial charge in [-0.25, -0.2) is 0 Å². The van der Waals surface area contributed by atoms with Crippen molar-refractivity contribution >= 4 is 17.9 Å². The average molecular weight is 1200 g/mol. The van der Waals surface area contributed by atoms with Crippen LogP contribution >= 0.6 is 0 Å². The summed E-state index contributed by atoms with van der Waals surface area (Å²) in [6, 6.07) is 0. The van der Waals surface area contributed by atoms with Crippen LogP contribution in [0, 0.1) is 5.41 Å². The zero-order valence-electron chi connectivity index (χ0n) is 39.4. The lowest BCUT2D eigenvalue weighted by molar-refractivity contribution is -0.474. The maximum Gasteiger partial charge on any atom is 0.435 e. The first kappa shape index (κ1) is 71.3. The SMILES string of the molecule is CCOC(=O)CN1CCN(CC(=O)OCC)CCN(CC(COC(C(F)(F)F)(C(F)(F)F)C(F)(F)F)(COC(C(F)(F)F)(C(F)(F)F)C(F)(F)F)COC(C(F)(F)F)(C(F)(F)F)C(F)(F)F)CCN(CC(=O)OCC)CC1. The van der Waals surface area contributed by atoms with Gasteiger partial charge in [-0.3, -0.25) is 34.0 Å². The minimum Gasteiger partial charge on any atom is -0.465 e. The van der Waals surface area contributed by atoms with Crippen LogP contribution in [0.5, 0.6) is 0 Å². The van der Waals surface area contributed by atoms with Gasteiger partial charge in [-0.1, -0.05) is 0 Å². The van der Waals surface area contributed by atoms with Crippen molar-refractivity contribution in [2.75, 3.05) is 118 Å². The maximum atomic E-state index is 14.2. The molecule has 0 aromatic rings. The lowest BCUT2D eigenvalue weighted by atomic mass is 9.87. The maximum absolute atomic E-state index is 14.2. The van der Waals surface area contributed by atoms with Crippen molar-refractivity contribution in [3.63, 3.8) is 0 Å². The molecule has 1 saturated heterocycles. The number of nitrogens with zero attached hydrogens (tertiary/aromatic N) is 4. The Hall–Kier alpha value is -3.76. The van der Waals surface area contributed by atoms with Crippen LogP contribution in [-0.2, 0) is 42.8 Å². The molecule has 0 aromatic heterocycles. The van der Waals surface area contributed by atoms with E-state index in [0.717, 1.165) is 9.80 Å². The Morgan fingerprint density at radius 3 is 0.636 bits per heavy atom. The molecule has 0 atom stereocenters. The highest BCUT2D eigenvalue weighted by Gasteiger charge is 2.88. The van der Waals surface area contributed by atoms with Crippen LogP contribution in [-0.4, -0.2) is 228 Å². The van der Waals surface area contributed by atoms with E-state index in [-0.39, 0.29) is 11.5 Å². The van der Waals surface area contributed by atoms with E-state index in [0.29, 0.717) is 0 Å². The van der Waals surface area contributed by atoms with Crippen LogP contribution < -0.4 is 0 Å². The number of carbonyl (C=O) groups excluding carboxylic acids is 3. The number of esters is 3. The highest BCUT2D eigenvalue weighted by Crippen LogP contribution is 2.59. The van der Waals surface area contributed by atoms with Gasteiger partial charge in [0.25, 0.3) is 0 Å². The molecule has 0 amide bonds. The molecule has 0 bridgehead atoms. The summed E-state index contributed by atoms with van der Waals surface area (Å²) < 4.78 is 408. The highest BCUT2D eigenvalue weighted by atomic mass is 19.5. The molecular weight excluding hydrogens is 1160 g/mol. The summed E-state index contributed by atoms with van der Waals surface area (Å²) in [4.78, 5) is 40.5. The lowest BCUT2D eigenvalue weighted by Gasteiger charge is -2.47. The lowest BCUT2D eigenvalue weighted by Crippen LogP contribution is -2.71. The van der Waals surface area contributed by atoms with Crippen molar-refractivity contribution in [2.24, 2.45) is 5.41 Å². The molecule has 456 valence electrons. The molecule has 1 aliphatic heterocycles. The topological polar surface area (TPSA) is 120 Å². The molecule has 1 heterocycles. The summed E-state index contributed by atoms with van der Waals surface area (Å²) in [5, 5.41) is 0. The van der Waals surface area contributed by atoms with E-state index in [4.69, 9.17) is 14.2 Å². The van der Waals surface area contributed by atoms with Gasteiger partial charge < -0.3 is 28.4 Å². The molecule has 0 unspecified atom stereocenters. The summed E-state index contributed by atoms with van der Waals surface area (Å²) in [7, 11) is 0. The van der Waals surface area contributed by atoms with Crippen molar-refractivity contribution in [3.05, 3.63) is 0 Å². The Labute approximate surface area is 416 Å². The molecule has 0 N–H and O–H groups in total. The molecule has 77 heavy (non-hydrogen) atoms. The summed E-state index contributed by atoms with van der Waals surface area (Å²) in [6.07, 6.45) is -73.3. The van der Waals surface area contributed by atoms with E-state index >= 15 is 0 Å². The number of rotatable bonds is 20. The van der Waals surface area contributed by atoms with E-state index in [1.807, 2.05) is 0 Å². The number of alkyl halides is 27. The second-order valence-electron chi connectivity index (χ2n) is 16.4. The molecule has 1 aliphatic rings. The second-order valence-corrected chi connectivity index (χ2v) is 16.4. The van der Waals surface area contributed by atoms with Crippen LogP contribution in [0.1, 0.15) is 20.8 Å². The van der Waals surface area contributed by atoms with E-state index in [1.54, 1.807) is 0 Å². The quantitative estimate of drug-likeness (QED) is 0.0663. The molecule has 0 spiro atoms. The standard InChI is InChI=1S/C37H45F27N4O9/c1-4-72-22(69)15-65-7-9-66(16-23(70)73-5-2)11-13-68(14-12-67(10-8-65)17-24(71)74-6-3)18-25(19-75-26(29(38,39)40,30(41,42)43)31(44,45)46,20-76-27(32(47,48)49,33(50,51)52)34(53,54)55)21-77-28(35(56,57)58,36(59,60)61)37(62,63)64/h4-21H2,1-3H3. The van der Waals surface area contributed by atoms with Gasteiger partial charge >= 0.3 is 90.3 Å². The first-order valence-electron chi connectivity index (χ1n) is 21.3. The van der Waals surface area contributed by atoms with E-state index in [9.17, 15) is 133 Å². The third kappa shape index (κ3) is 17.1. The van der Waals surface area contributed by atoms with Gasteiger partial charge in [0.05, 0.1) is 64.7 Å². The number of ether oxygens (including phenoxy) is 6. The number of halogens is 27. The predicted molar refractivity (Wildman–Crippen MR) is 199 cm³/mol. The van der Waals surface area contributed by atoms with Crippen LogP contribution in [0.25, 0.3) is 0 Å². The first-order valence-corrected chi connectivity index (χ1v) is 21.3. The molecule has 13 nitrogen and oxygen atoms in total. The van der Waals surface area contributed by atoms with E-state index in [1.165, 1.54) is 25.7 Å². The minimum atomic E-state index is -8.14. The zero-order valence-corrected chi connectivity index (χ0v) is 39.4. The fourth-order valence-electron chi connectivity index (χ4n) is 7.08. The van der Waals surface area contributed by atoms with E-state index < -0.39 is 207 Å². The summed E-state index contributed by atoms with van der Waals surface area (Å²) >= 11 is 0. The Bertz CT molecular complexity index is 1600. The van der Waals surface area contributed by atoms with Crippen molar-refractivity contribution in [1.29, 1.82) is 0 Å². The fraction of sp³-hybridized carbons (Fsp3) is 0.919. The Kier molecular flexibility index (Phi) is 23.9. The monoisotopic (exact) mass is 1200 g/mol. The zero-order chi connectivity index (χ0) is 60.5. The molecule has 0 aliphatic carbocycles. The number of hydrogen-bond donors (Lipinski definition) is 0. The van der Waals surface area contributed by atoms with Gasteiger partial charge in [0, 0.05) is 58.9 Å². The molecule has 0 radical (unpaired) electrons. The largest absolute Gasteiger partial charge is 0.465 e. The summed E-state index contributed by atoms with van der Waals surface area (Å²) in [6.45, 7) is -22.1. The number of carbonyl (C=O) groups is 3. The van der Waals surface area contributed by atoms with Gasteiger partial charge in [0.1, 0.15) is 0 Å². The van der Waals surface area contributed by atoms with Crippen LogP contribution in [0.2, 0.25) is 0 Å². The van der Waals surface area contributed by atoms with Gasteiger partial charge in [-0.05, 0) is 20.8 Å². The van der Waals surface area contributed by atoms with Crippen LogP contribution in [0.3, 0.4) is 0 Å². The third-order valence-electron chi connectivity index (χ3n) is 10.8. The minimum absolute atomic E-state index is 0.0201. The normalized spacial score (nSPS) is 17.7. The van der Waals surface area contributed by atoms with Gasteiger partial charge in [-0.15, -0.1) is 0 Å². The third-order valence-corrected chi connectivity index (χ3v) is 10.8. The van der Waals surface area contributed by atoms with Gasteiger partial charge in [-0.2, -0.15) is 119 Å². The smallest absolute Gasteiger partial charge is 0.435 e. The Morgan fingerprint density at radius 2 is 0.481 bits per heavy atom. The Balaban J connectivity index is 4.80. The highest BCUT2D eigenvalue weighted by molar-refractivity contribution is 5.72. The molecule has 0 aromatic carbocycles. The molecular formula is C37H45F27N4O9. The van der Waals surface area contributed by atoms with E-state index in [2.05, 4.69) is 14.2 Å². The van der Waals surface area contributed by atoms with Gasteiger partial charge in [0.15, 0.2) is 0 Å². The van der Waals surface area contributed by atoms with Crippen molar-refractivity contribution in [3.8, 4) is 0 Å². The van der Waals surface area contributed by atoms with Crippen molar-refractivity contribution < 1.29 is 161 Å². The predicted octanol–water partition coefficient (Wildman–Crippen LogP) is 8.21. The fourth-order valence-corrected chi connectivity index (χ4v) is 7.08. The van der Waals surface area contributed by atoms with Crippen molar-refractivity contribution in [2.45, 2.75) is 93.2 Å². The second kappa shape index (κ2) is 25.8. The summed E-state index contributed by atoms with van der Waals surface area (Å²) in [5.41, 5.74) is -29.3. The van der Waals surface area contributed by atoms with Crippen LogP contribution in [0.4, 0.5) is 119 Å². The molecule has 0 saturated carbocycles. The number of hydrogen-bond acceptors (Lipinski definition) is 13. The molecule has 1 fully saturated rings. The van der Waals surface area contributed by atoms with Crippen molar-refractivity contribution in [1.82, 2.24) is 19.6 Å². The van der Waals surface area contributed by atoms with Crippen LogP contribution in [0.15, 0.2) is 0 Å². The van der Waals surface area contributed by atoms with Gasteiger partial charge in [0.2, 0.25) is 0 Å². The first-order chi connectivity index (χ1) is 34.4. The molecule has 1 rings (SSSR count).